The number of rotatable bonds is 1. The van der Waals surface area contributed by atoms with Gasteiger partial charge in [0.05, 0.1) is 12.5 Å². The molecule has 17 heavy (non-hydrogen) atoms. The molecule has 0 amide bonds. The van der Waals surface area contributed by atoms with Gasteiger partial charge in [-0.15, -0.1) is 0 Å². The first kappa shape index (κ1) is 10.8. The van der Waals surface area contributed by atoms with Crippen LogP contribution in [-0.4, -0.2) is 23.7 Å². The molecule has 3 atom stereocenters. The number of carbonyl (C=O) groups excluding carboxylic acids is 1. The van der Waals surface area contributed by atoms with Crippen LogP contribution in [0.5, 0.6) is 0 Å². The zero-order chi connectivity index (χ0) is 12.0. The second kappa shape index (κ2) is 3.59. The molecule has 1 saturated carbocycles. The van der Waals surface area contributed by atoms with Gasteiger partial charge in [-0.05, 0) is 25.2 Å². The maximum Gasteiger partial charge on any atom is 0.332 e. The van der Waals surface area contributed by atoms with Crippen molar-refractivity contribution in [3.8, 4) is 0 Å². The highest BCUT2D eigenvalue weighted by molar-refractivity contribution is 5.96. The Morgan fingerprint density at radius 3 is 3.06 bits per heavy atom. The van der Waals surface area contributed by atoms with Crippen LogP contribution in [0.25, 0.3) is 0 Å². The summed E-state index contributed by atoms with van der Waals surface area (Å²) in [4.78, 5) is 23.1. The Balaban J connectivity index is 2.06. The molecule has 4 nitrogen and oxygen atoms in total. The molecule has 1 saturated heterocycles. The summed E-state index contributed by atoms with van der Waals surface area (Å²) in [5.41, 5.74) is 0.0586. The lowest BCUT2D eigenvalue weighted by atomic mass is 9.56. The van der Waals surface area contributed by atoms with Gasteiger partial charge in [0.2, 0.25) is 0 Å². The number of carbonyl (C=O) groups is 2. The molecule has 0 radical (unpaired) electrons. The van der Waals surface area contributed by atoms with E-state index in [1.165, 1.54) is 6.42 Å². The summed E-state index contributed by atoms with van der Waals surface area (Å²) in [5, 5.41) is 9.21. The molecule has 1 N–H and O–H groups in total. The van der Waals surface area contributed by atoms with Crippen LogP contribution in [0.3, 0.4) is 0 Å². The largest absolute Gasteiger partial charge is 0.478 e. The van der Waals surface area contributed by atoms with Gasteiger partial charge in [0.25, 0.3) is 0 Å². The molecule has 1 unspecified atom stereocenters. The van der Waals surface area contributed by atoms with E-state index < -0.39 is 11.9 Å². The van der Waals surface area contributed by atoms with Crippen LogP contribution in [-0.2, 0) is 14.3 Å². The average molecular weight is 236 g/mol. The van der Waals surface area contributed by atoms with Crippen LogP contribution in [0.4, 0.5) is 0 Å². The second-order valence-electron chi connectivity index (χ2n) is 5.42. The predicted octanol–water partition coefficient (Wildman–Crippen LogP) is 1.75. The fourth-order valence-electron chi connectivity index (χ4n) is 3.90. The van der Waals surface area contributed by atoms with Gasteiger partial charge in [0.15, 0.2) is 0 Å². The normalized spacial score (nSPS) is 40.0. The van der Waals surface area contributed by atoms with Gasteiger partial charge in [-0.2, -0.15) is 0 Å². The maximum absolute atomic E-state index is 11.8. The highest BCUT2D eigenvalue weighted by Crippen LogP contribution is 2.56. The number of aliphatic carboxylic acids is 1. The van der Waals surface area contributed by atoms with Crippen molar-refractivity contribution < 1.29 is 19.4 Å². The van der Waals surface area contributed by atoms with E-state index in [9.17, 15) is 14.7 Å². The molecular formula is C13H16O4. The highest BCUT2D eigenvalue weighted by atomic mass is 16.5. The summed E-state index contributed by atoms with van der Waals surface area (Å²) in [6.07, 6.45) is 6.82. The van der Waals surface area contributed by atoms with Crippen LogP contribution >= 0.6 is 0 Å². The van der Waals surface area contributed by atoms with E-state index in [0.29, 0.717) is 12.5 Å². The number of carboxylic acids is 1. The van der Waals surface area contributed by atoms with Crippen LogP contribution in [0.2, 0.25) is 0 Å². The van der Waals surface area contributed by atoms with Crippen LogP contribution in [0.15, 0.2) is 11.6 Å². The van der Waals surface area contributed by atoms with E-state index in [1.807, 2.05) is 0 Å². The zero-order valence-corrected chi connectivity index (χ0v) is 9.65. The van der Waals surface area contributed by atoms with Crippen LogP contribution in [0, 0.1) is 17.3 Å². The number of hydrogen-bond acceptors (Lipinski definition) is 3. The molecule has 3 rings (SSSR count). The Bertz CT molecular complexity index is 412. The lowest BCUT2D eigenvalue weighted by Gasteiger charge is -2.45. The lowest BCUT2D eigenvalue weighted by Crippen LogP contribution is -2.45. The van der Waals surface area contributed by atoms with Gasteiger partial charge >= 0.3 is 11.9 Å². The Morgan fingerprint density at radius 2 is 2.29 bits per heavy atom. The molecule has 2 aliphatic carbocycles. The van der Waals surface area contributed by atoms with E-state index >= 15 is 0 Å². The van der Waals surface area contributed by atoms with Gasteiger partial charge in [-0.1, -0.05) is 18.9 Å². The standard InChI is InChI=1S/C13H16O4/c14-11(15)9-5-4-8-3-1-2-6-13(8)7-17-12(16)10(9)13/h5,8,10H,1-4,6-7H2,(H,14,15)/t8-,10-,13?/m1/s1. The first-order chi connectivity index (χ1) is 8.15. The smallest absolute Gasteiger partial charge is 0.332 e. The maximum atomic E-state index is 11.8. The first-order valence-corrected chi connectivity index (χ1v) is 6.25. The molecule has 4 heteroatoms. The van der Waals surface area contributed by atoms with Crippen molar-refractivity contribution in [1.29, 1.82) is 0 Å². The van der Waals surface area contributed by atoms with Crippen molar-refractivity contribution in [3.63, 3.8) is 0 Å². The van der Waals surface area contributed by atoms with Gasteiger partial charge in [0.1, 0.15) is 0 Å². The fraction of sp³-hybridized carbons (Fsp3) is 0.692. The number of carboxylic acid groups (broad SMARTS) is 1. The van der Waals surface area contributed by atoms with Crippen molar-refractivity contribution in [3.05, 3.63) is 11.6 Å². The Kier molecular flexibility index (Phi) is 2.28. The van der Waals surface area contributed by atoms with Crippen LogP contribution < -0.4 is 0 Å². The quantitative estimate of drug-likeness (QED) is 0.704. The van der Waals surface area contributed by atoms with E-state index in [4.69, 9.17) is 4.74 Å². The van der Waals surface area contributed by atoms with Crippen molar-refractivity contribution in [2.75, 3.05) is 6.61 Å². The lowest BCUT2D eigenvalue weighted by molar-refractivity contribution is -0.143. The minimum absolute atomic E-state index is 0.211. The van der Waals surface area contributed by atoms with E-state index in [2.05, 4.69) is 0 Å². The topological polar surface area (TPSA) is 63.6 Å². The summed E-state index contributed by atoms with van der Waals surface area (Å²) in [7, 11) is 0. The SMILES string of the molecule is O=C(O)C1=CC[C@H]2CCCCC23COC(=O)[C@@H]13. The monoisotopic (exact) mass is 236 g/mol. The number of esters is 1. The minimum Gasteiger partial charge on any atom is -0.478 e. The van der Waals surface area contributed by atoms with E-state index in [0.717, 1.165) is 25.7 Å². The molecule has 2 fully saturated rings. The minimum atomic E-state index is -0.961. The van der Waals surface area contributed by atoms with Crippen molar-refractivity contribution in [2.24, 2.45) is 17.3 Å². The van der Waals surface area contributed by atoms with Gasteiger partial charge in [0, 0.05) is 11.0 Å². The predicted molar refractivity (Wildman–Crippen MR) is 59.2 cm³/mol. The fourth-order valence-corrected chi connectivity index (χ4v) is 3.90. The number of hydrogen-bond donors (Lipinski definition) is 1. The van der Waals surface area contributed by atoms with Gasteiger partial charge in [-0.3, -0.25) is 4.79 Å². The molecule has 1 aliphatic heterocycles. The summed E-state index contributed by atoms with van der Waals surface area (Å²) in [6, 6.07) is 0. The number of cyclic esters (lactones) is 1. The average Bonchev–Trinajstić information content (AvgIpc) is 2.65. The zero-order valence-electron chi connectivity index (χ0n) is 9.65. The second-order valence-corrected chi connectivity index (χ2v) is 5.42. The summed E-state index contributed by atoms with van der Waals surface area (Å²) in [6.45, 7) is 0.422. The third kappa shape index (κ3) is 1.36. The molecule has 0 aromatic heterocycles. The molecule has 1 spiro atoms. The van der Waals surface area contributed by atoms with Gasteiger partial charge in [-0.25, -0.2) is 4.79 Å². The molecular weight excluding hydrogens is 220 g/mol. The molecule has 92 valence electrons. The van der Waals surface area contributed by atoms with Crippen molar-refractivity contribution >= 4 is 11.9 Å². The Hall–Kier alpha value is -1.32. The van der Waals surface area contributed by atoms with Crippen LogP contribution in [0.1, 0.15) is 32.1 Å². The first-order valence-electron chi connectivity index (χ1n) is 6.25. The van der Waals surface area contributed by atoms with E-state index in [-0.39, 0.29) is 17.0 Å². The summed E-state index contributed by atoms with van der Waals surface area (Å²) in [5.74, 6) is -1.38. The number of ether oxygens (including phenoxy) is 1. The van der Waals surface area contributed by atoms with Crippen molar-refractivity contribution in [1.82, 2.24) is 0 Å². The highest BCUT2D eigenvalue weighted by Gasteiger charge is 2.59. The Labute approximate surface area is 99.6 Å². The van der Waals surface area contributed by atoms with E-state index in [1.54, 1.807) is 6.08 Å². The third-order valence-corrected chi connectivity index (χ3v) is 4.73. The number of allylic oxidation sites excluding steroid dienone is 1. The molecule has 0 aromatic carbocycles. The summed E-state index contributed by atoms with van der Waals surface area (Å²) >= 11 is 0. The molecule has 3 aliphatic rings. The van der Waals surface area contributed by atoms with Gasteiger partial charge < -0.3 is 9.84 Å². The molecule has 0 bridgehead atoms. The summed E-state index contributed by atoms with van der Waals surface area (Å²) < 4.78 is 5.20. The third-order valence-electron chi connectivity index (χ3n) is 4.73. The molecule has 0 aromatic rings. The van der Waals surface area contributed by atoms with Crippen molar-refractivity contribution in [2.45, 2.75) is 32.1 Å². The molecule has 1 heterocycles. The Morgan fingerprint density at radius 1 is 1.47 bits per heavy atom.